The number of rotatable bonds is 3. The van der Waals surface area contributed by atoms with Gasteiger partial charge in [-0.15, -0.1) is 0 Å². The van der Waals surface area contributed by atoms with E-state index in [4.69, 9.17) is 18.9 Å². The van der Waals surface area contributed by atoms with Gasteiger partial charge in [0.25, 0.3) is 0 Å². The molecule has 128 valence electrons. The van der Waals surface area contributed by atoms with E-state index in [0.29, 0.717) is 0 Å². The molecule has 24 heavy (non-hydrogen) atoms. The zero-order valence-corrected chi connectivity index (χ0v) is 13.9. The van der Waals surface area contributed by atoms with Crippen LogP contribution in [0.4, 0.5) is 0 Å². The van der Waals surface area contributed by atoms with Gasteiger partial charge in [-0.1, -0.05) is 0 Å². The first-order valence-corrected chi connectivity index (χ1v) is 7.35. The Morgan fingerprint density at radius 2 is 1.62 bits per heavy atom. The fraction of sp³-hybridized carbons (Fsp3) is 0.412. The van der Waals surface area contributed by atoms with Crippen molar-refractivity contribution in [2.75, 3.05) is 27.9 Å². The monoisotopic (exact) mass is 334 g/mol. The van der Waals surface area contributed by atoms with Crippen molar-refractivity contribution >= 4 is 11.6 Å². The highest BCUT2D eigenvalue weighted by molar-refractivity contribution is 6.29. The highest BCUT2D eigenvalue weighted by Crippen LogP contribution is 2.46. The number of ether oxygens (including phenoxy) is 4. The number of carbonyl (C=O) groups is 2. The summed E-state index contributed by atoms with van der Waals surface area (Å²) in [6.45, 7) is 1.32. The Balaban J connectivity index is 2.29. The maximum atomic E-state index is 13.0. The Hall–Kier alpha value is -2.38. The lowest BCUT2D eigenvalue weighted by molar-refractivity contribution is -0.187. The van der Waals surface area contributed by atoms with Crippen LogP contribution in [0.1, 0.15) is 34.1 Å². The van der Waals surface area contributed by atoms with E-state index in [1.807, 2.05) is 0 Å². The van der Waals surface area contributed by atoms with Crippen LogP contribution in [0.3, 0.4) is 0 Å². The lowest BCUT2D eigenvalue weighted by Gasteiger charge is -2.34. The minimum Gasteiger partial charge on any atom is -0.496 e. The van der Waals surface area contributed by atoms with Gasteiger partial charge in [0.15, 0.2) is 28.9 Å². The Labute approximate surface area is 138 Å². The van der Waals surface area contributed by atoms with Gasteiger partial charge in [0, 0.05) is 23.6 Å². The van der Waals surface area contributed by atoms with E-state index in [1.54, 1.807) is 0 Å². The molecular weight excluding hydrogens is 316 g/mol. The average molecular weight is 334 g/mol. The lowest BCUT2D eigenvalue weighted by Crippen LogP contribution is -2.39. The number of Topliss-reactive ketones (excluding diaryl/α,β-unsaturated/α-hetero) is 2. The van der Waals surface area contributed by atoms with E-state index >= 15 is 0 Å². The van der Waals surface area contributed by atoms with Gasteiger partial charge in [0.2, 0.25) is 0 Å². The summed E-state index contributed by atoms with van der Waals surface area (Å²) < 4.78 is 21.1. The molecule has 7 heteroatoms. The molecule has 0 fully saturated rings. The molecule has 0 aromatic heterocycles. The van der Waals surface area contributed by atoms with Crippen LogP contribution in [-0.4, -0.2) is 50.4 Å². The highest BCUT2D eigenvalue weighted by Gasteiger charge is 2.43. The molecule has 1 aromatic rings. The van der Waals surface area contributed by atoms with Gasteiger partial charge in [-0.05, 0) is 6.92 Å². The summed E-state index contributed by atoms with van der Waals surface area (Å²) in [6, 6.07) is 1.51. The Kier molecular flexibility index (Phi) is 3.85. The van der Waals surface area contributed by atoms with Crippen molar-refractivity contribution in [1.82, 2.24) is 0 Å². The van der Waals surface area contributed by atoms with E-state index in [2.05, 4.69) is 0 Å². The molecule has 0 bridgehead atoms. The topological polar surface area (TPSA) is 91.3 Å². The van der Waals surface area contributed by atoms with Crippen LogP contribution in [-0.2, 0) is 4.74 Å². The second-order valence-corrected chi connectivity index (χ2v) is 5.82. The third-order valence-corrected chi connectivity index (χ3v) is 4.25. The maximum absolute atomic E-state index is 13.0. The van der Waals surface area contributed by atoms with Crippen molar-refractivity contribution < 1.29 is 33.6 Å². The van der Waals surface area contributed by atoms with Crippen molar-refractivity contribution in [1.29, 1.82) is 0 Å². The predicted molar refractivity (Wildman–Crippen MR) is 83.0 cm³/mol. The summed E-state index contributed by atoms with van der Waals surface area (Å²) in [4.78, 5) is 25.9. The van der Waals surface area contributed by atoms with Gasteiger partial charge >= 0.3 is 0 Å². The summed E-state index contributed by atoms with van der Waals surface area (Å²) in [5.74, 6) is -1.57. The molecule has 1 aromatic carbocycles. The zero-order chi connectivity index (χ0) is 17.6. The van der Waals surface area contributed by atoms with Crippen LogP contribution in [0.15, 0.2) is 17.2 Å². The standard InChI is InChI=1S/C17H18O7/c1-17(20)6-8-9(7-24-17)15(19)12-10(21-2)5-11(22-3)16(23-4)13(12)14(8)18/h5,20H,6-7H2,1-4H3/t17-/m1/s1. The fourth-order valence-corrected chi connectivity index (χ4v) is 3.10. The molecule has 0 amide bonds. The van der Waals surface area contributed by atoms with Crippen molar-refractivity contribution in [3.8, 4) is 17.2 Å². The number of carbonyl (C=O) groups excluding carboxylic acids is 2. The molecule has 1 heterocycles. The number of benzene rings is 1. The van der Waals surface area contributed by atoms with Gasteiger partial charge in [-0.25, -0.2) is 0 Å². The molecule has 1 N–H and O–H groups in total. The third-order valence-electron chi connectivity index (χ3n) is 4.25. The average Bonchev–Trinajstić information content (AvgIpc) is 2.56. The highest BCUT2D eigenvalue weighted by atomic mass is 16.6. The number of hydrogen-bond acceptors (Lipinski definition) is 7. The Bertz CT molecular complexity index is 774. The van der Waals surface area contributed by atoms with Crippen LogP contribution in [0.5, 0.6) is 17.2 Å². The van der Waals surface area contributed by atoms with E-state index in [-0.39, 0.29) is 58.3 Å². The number of aliphatic hydroxyl groups is 1. The van der Waals surface area contributed by atoms with Gasteiger partial charge in [-0.2, -0.15) is 0 Å². The molecule has 1 aliphatic carbocycles. The van der Waals surface area contributed by atoms with Crippen LogP contribution >= 0.6 is 0 Å². The number of methoxy groups -OCH3 is 3. The van der Waals surface area contributed by atoms with E-state index in [9.17, 15) is 14.7 Å². The molecular formula is C17H18O7. The van der Waals surface area contributed by atoms with Crippen molar-refractivity contribution in [2.45, 2.75) is 19.1 Å². The van der Waals surface area contributed by atoms with Gasteiger partial charge in [0.05, 0.1) is 39.1 Å². The molecule has 1 aliphatic heterocycles. The molecule has 0 radical (unpaired) electrons. The maximum Gasteiger partial charge on any atom is 0.196 e. The molecule has 1 atom stereocenters. The summed E-state index contributed by atoms with van der Waals surface area (Å²) in [5, 5.41) is 10.1. The molecule has 2 aliphatic rings. The fourth-order valence-electron chi connectivity index (χ4n) is 3.10. The number of hydrogen-bond donors (Lipinski definition) is 1. The predicted octanol–water partition coefficient (Wildman–Crippen LogP) is 1.52. The Morgan fingerprint density at radius 1 is 1.00 bits per heavy atom. The second kappa shape index (κ2) is 5.61. The van der Waals surface area contributed by atoms with Crippen molar-refractivity contribution in [2.24, 2.45) is 0 Å². The quantitative estimate of drug-likeness (QED) is 0.896. The largest absolute Gasteiger partial charge is 0.496 e. The van der Waals surface area contributed by atoms with Crippen LogP contribution in [0, 0.1) is 0 Å². The van der Waals surface area contributed by atoms with E-state index in [1.165, 1.54) is 34.3 Å². The minimum atomic E-state index is -1.50. The lowest BCUT2D eigenvalue weighted by atomic mass is 9.79. The second-order valence-electron chi connectivity index (χ2n) is 5.82. The summed E-state index contributed by atoms with van der Waals surface area (Å²) in [6.07, 6.45) is -0.0744. The SMILES string of the molecule is COc1cc(OC)c2c(c1OC)C(=O)C1=C(CO[C@@](C)(O)C1)C2=O. The first-order valence-electron chi connectivity index (χ1n) is 7.35. The minimum absolute atomic E-state index is 0.0744. The van der Waals surface area contributed by atoms with Gasteiger partial charge in [0.1, 0.15) is 5.75 Å². The normalized spacial score (nSPS) is 22.9. The van der Waals surface area contributed by atoms with Crippen molar-refractivity contribution in [3.05, 3.63) is 28.3 Å². The van der Waals surface area contributed by atoms with E-state index in [0.717, 1.165) is 0 Å². The smallest absolute Gasteiger partial charge is 0.196 e. The molecule has 0 saturated carbocycles. The van der Waals surface area contributed by atoms with Gasteiger partial charge < -0.3 is 24.1 Å². The van der Waals surface area contributed by atoms with Crippen LogP contribution in [0.2, 0.25) is 0 Å². The summed E-state index contributed by atoms with van der Waals surface area (Å²) in [7, 11) is 4.24. The molecule has 7 nitrogen and oxygen atoms in total. The zero-order valence-electron chi connectivity index (χ0n) is 13.9. The van der Waals surface area contributed by atoms with E-state index < -0.39 is 11.6 Å². The first kappa shape index (κ1) is 16.5. The van der Waals surface area contributed by atoms with Crippen molar-refractivity contribution in [3.63, 3.8) is 0 Å². The number of ketones is 2. The molecule has 0 spiro atoms. The Morgan fingerprint density at radius 3 is 2.21 bits per heavy atom. The molecule has 0 unspecified atom stereocenters. The van der Waals surface area contributed by atoms with Gasteiger partial charge in [-0.3, -0.25) is 9.59 Å². The molecule has 0 saturated heterocycles. The molecule has 3 rings (SSSR count). The third kappa shape index (κ3) is 2.28. The number of fused-ring (bicyclic) bond motifs is 1. The van der Waals surface area contributed by atoms with Crippen LogP contribution < -0.4 is 14.2 Å². The van der Waals surface area contributed by atoms with Crippen LogP contribution in [0.25, 0.3) is 0 Å². The summed E-state index contributed by atoms with van der Waals surface area (Å²) in [5.41, 5.74) is 0.695. The first-order chi connectivity index (χ1) is 11.3. The summed E-state index contributed by atoms with van der Waals surface area (Å²) >= 11 is 0.